The SMILES string of the molecule is CCCCCCCCCC/C=C\CCCCCCCCCCCCCC(=O)OC(COC(=O)CCCCCCCCCCCCCCCCCCCCCCCCCC)COC(OCC[N+](C)(C)C)C(=O)[O-]. The van der Waals surface area contributed by atoms with Crippen molar-refractivity contribution in [2.24, 2.45) is 0 Å². The first-order valence-electron chi connectivity index (χ1n) is 31.3. The number of aliphatic carboxylic acids is 1. The third-order valence-electron chi connectivity index (χ3n) is 14.3. The van der Waals surface area contributed by atoms with E-state index in [2.05, 4.69) is 26.0 Å². The molecule has 0 fully saturated rings. The molecule has 0 aromatic rings. The first-order valence-corrected chi connectivity index (χ1v) is 31.3. The fraction of sp³-hybridized carbons (Fsp3) is 0.921. The minimum atomic E-state index is -1.62. The zero-order chi connectivity index (χ0) is 52.7. The number of nitrogens with zero attached hydrogens (tertiary/aromatic N) is 1. The van der Waals surface area contributed by atoms with Crippen LogP contribution in [0.25, 0.3) is 0 Å². The van der Waals surface area contributed by atoms with Crippen LogP contribution in [0.4, 0.5) is 0 Å². The van der Waals surface area contributed by atoms with E-state index in [1.54, 1.807) is 0 Å². The molecule has 0 heterocycles. The van der Waals surface area contributed by atoms with Crippen LogP contribution in [0.3, 0.4) is 0 Å². The number of carboxylic acids is 1. The number of carbonyl (C=O) groups excluding carboxylic acids is 3. The molecule has 0 N–H and O–H groups in total. The summed E-state index contributed by atoms with van der Waals surface area (Å²) in [5, 5.41) is 11.8. The lowest BCUT2D eigenvalue weighted by molar-refractivity contribution is -0.870. The van der Waals surface area contributed by atoms with E-state index >= 15 is 0 Å². The highest BCUT2D eigenvalue weighted by molar-refractivity contribution is 5.70. The van der Waals surface area contributed by atoms with Crippen LogP contribution in [0.5, 0.6) is 0 Å². The van der Waals surface area contributed by atoms with E-state index in [0.717, 1.165) is 38.5 Å². The molecule has 0 radical (unpaired) electrons. The third-order valence-corrected chi connectivity index (χ3v) is 14.3. The van der Waals surface area contributed by atoms with Gasteiger partial charge in [0.05, 0.1) is 40.3 Å². The van der Waals surface area contributed by atoms with E-state index in [1.807, 2.05) is 21.1 Å². The summed E-state index contributed by atoms with van der Waals surface area (Å²) in [6.45, 7) is 4.82. The number of quaternary nitrogens is 1. The van der Waals surface area contributed by atoms with Crippen LogP contribution in [0.1, 0.15) is 316 Å². The molecule has 0 aliphatic carbocycles. The highest BCUT2D eigenvalue weighted by Crippen LogP contribution is 2.18. The first kappa shape index (κ1) is 70.0. The van der Waals surface area contributed by atoms with Crippen LogP contribution in [-0.4, -0.2) is 82.3 Å². The number of carbonyl (C=O) groups is 3. The average Bonchev–Trinajstić information content (AvgIpc) is 3.35. The Morgan fingerprint density at radius 3 is 1.03 bits per heavy atom. The zero-order valence-corrected chi connectivity index (χ0v) is 48.6. The van der Waals surface area contributed by atoms with Gasteiger partial charge in [-0.3, -0.25) is 9.59 Å². The van der Waals surface area contributed by atoms with Gasteiger partial charge in [-0.2, -0.15) is 0 Å². The van der Waals surface area contributed by atoms with Crippen molar-refractivity contribution in [3.05, 3.63) is 12.2 Å². The Kier molecular flexibility index (Phi) is 53.8. The Balaban J connectivity index is 4.15. The standard InChI is InChI=1S/C63H121NO8/c1-6-8-10-12-14-16-18-20-22-24-26-28-30-32-33-35-37-39-41-43-45-47-49-51-53-60(65)70-57-59(58-71-63(62(67)68)69-56-55-64(3,4)5)72-61(66)54-52-50-48-46-44-42-40-38-36-34-31-29-27-25-23-21-19-17-15-13-11-9-7-2/h25,27,59,63H,6-24,26,28-58H2,1-5H3/b27-25-. The summed E-state index contributed by atoms with van der Waals surface area (Å²) < 4.78 is 22.8. The lowest BCUT2D eigenvalue weighted by atomic mass is 10.0. The Morgan fingerprint density at radius 2 is 0.708 bits per heavy atom. The van der Waals surface area contributed by atoms with Gasteiger partial charge in [0.15, 0.2) is 12.4 Å². The number of carboxylic acid groups (broad SMARTS) is 1. The minimum absolute atomic E-state index is 0.152. The van der Waals surface area contributed by atoms with Crippen molar-refractivity contribution in [1.82, 2.24) is 0 Å². The van der Waals surface area contributed by atoms with E-state index in [9.17, 15) is 19.5 Å². The summed E-state index contributed by atoms with van der Waals surface area (Å²) in [6.07, 6.45) is 61.3. The van der Waals surface area contributed by atoms with Gasteiger partial charge in [0, 0.05) is 12.8 Å². The predicted molar refractivity (Wildman–Crippen MR) is 302 cm³/mol. The summed E-state index contributed by atoms with van der Waals surface area (Å²) >= 11 is 0. The van der Waals surface area contributed by atoms with Gasteiger partial charge in [0.1, 0.15) is 13.2 Å². The normalized spacial score (nSPS) is 12.7. The van der Waals surface area contributed by atoms with Gasteiger partial charge < -0.3 is 33.3 Å². The summed E-state index contributed by atoms with van der Waals surface area (Å²) in [4.78, 5) is 37.4. The third kappa shape index (κ3) is 55.8. The minimum Gasteiger partial charge on any atom is -0.545 e. The number of likely N-dealkylation sites (N-methyl/N-ethyl adjacent to an activating group) is 1. The lowest BCUT2D eigenvalue weighted by Gasteiger charge is -2.26. The van der Waals surface area contributed by atoms with Crippen molar-refractivity contribution >= 4 is 17.9 Å². The Morgan fingerprint density at radius 1 is 0.403 bits per heavy atom. The monoisotopic (exact) mass is 1020 g/mol. The van der Waals surface area contributed by atoms with Crippen molar-refractivity contribution < 1.29 is 42.9 Å². The van der Waals surface area contributed by atoms with Crippen LogP contribution in [-0.2, 0) is 33.3 Å². The summed E-state index contributed by atoms with van der Waals surface area (Å²) in [5.41, 5.74) is 0. The molecule has 0 rings (SSSR count). The highest BCUT2D eigenvalue weighted by Gasteiger charge is 2.22. The maximum Gasteiger partial charge on any atom is 0.306 e. The van der Waals surface area contributed by atoms with E-state index in [-0.39, 0.29) is 32.2 Å². The van der Waals surface area contributed by atoms with Gasteiger partial charge in [-0.05, 0) is 38.5 Å². The van der Waals surface area contributed by atoms with E-state index < -0.39 is 24.3 Å². The molecule has 0 saturated heterocycles. The maximum absolute atomic E-state index is 12.9. The van der Waals surface area contributed by atoms with Crippen LogP contribution < -0.4 is 5.11 Å². The number of hydrogen-bond donors (Lipinski definition) is 0. The molecule has 2 atom stereocenters. The zero-order valence-electron chi connectivity index (χ0n) is 48.6. The molecule has 0 aromatic carbocycles. The van der Waals surface area contributed by atoms with Gasteiger partial charge in [0.2, 0.25) is 0 Å². The molecule has 426 valence electrons. The summed E-state index contributed by atoms with van der Waals surface area (Å²) in [5.74, 6) is -2.26. The Labute approximate surface area is 446 Å². The van der Waals surface area contributed by atoms with Gasteiger partial charge in [-0.25, -0.2) is 0 Å². The molecule has 0 amide bonds. The van der Waals surface area contributed by atoms with Crippen LogP contribution in [0, 0.1) is 0 Å². The topological polar surface area (TPSA) is 111 Å². The summed E-state index contributed by atoms with van der Waals surface area (Å²) in [6, 6.07) is 0. The largest absolute Gasteiger partial charge is 0.545 e. The smallest absolute Gasteiger partial charge is 0.306 e. The lowest BCUT2D eigenvalue weighted by Crippen LogP contribution is -2.44. The van der Waals surface area contributed by atoms with Gasteiger partial charge >= 0.3 is 11.9 Å². The molecule has 9 nitrogen and oxygen atoms in total. The van der Waals surface area contributed by atoms with E-state index in [1.165, 1.54) is 250 Å². The highest BCUT2D eigenvalue weighted by atomic mass is 16.7. The van der Waals surface area contributed by atoms with Crippen molar-refractivity contribution in [2.75, 3.05) is 47.5 Å². The van der Waals surface area contributed by atoms with Crippen molar-refractivity contribution in [3.8, 4) is 0 Å². The fourth-order valence-electron chi connectivity index (χ4n) is 9.42. The van der Waals surface area contributed by atoms with Gasteiger partial charge in [0.25, 0.3) is 0 Å². The molecule has 0 aliphatic rings. The van der Waals surface area contributed by atoms with Gasteiger partial charge in [-0.1, -0.05) is 276 Å². The number of rotatable bonds is 59. The second-order valence-corrected chi connectivity index (χ2v) is 22.7. The fourth-order valence-corrected chi connectivity index (χ4v) is 9.42. The molecule has 0 spiro atoms. The molecule has 0 bridgehead atoms. The van der Waals surface area contributed by atoms with Crippen molar-refractivity contribution in [1.29, 1.82) is 0 Å². The Bertz CT molecular complexity index is 1190. The van der Waals surface area contributed by atoms with Gasteiger partial charge in [-0.15, -0.1) is 0 Å². The average molecular weight is 1020 g/mol. The molecule has 0 aliphatic heterocycles. The number of allylic oxidation sites excluding steroid dienone is 2. The number of esters is 2. The maximum atomic E-state index is 12.9. The van der Waals surface area contributed by atoms with E-state index in [0.29, 0.717) is 17.4 Å². The van der Waals surface area contributed by atoms with Crippen LogP contribution in [0.15, 0.2) is 12.2 Å². The second-order valence-electron chi connectivity index (χ2n) is 22.7. The number of ether oxygens (including phenoxy) is 4. The first-order chi connectivity index (χ1) is 35.1. The predicted octanol–water partition coefficient (Wildman–Crippen LogP) is 17.2. The molecule has 9 heteroatoms. The molecule has 72 heavy (non-hydrogen) atoms. The number of hydrogen-bond acceptors (Lipinski definition) is 8. The van der Waals surface area contributed by atoms with Crippen LogP contribution in [0.2, 0.25) is 0 Å². The molecule has 0 saturated carbocycles. The van der Waals surface area contributed by atoms with Crippen LogP contribution >= 0.6 is 0 Å². The molecular weight excluding hydrogens is 899 g/mol. The second kappa shape index (κ2) is 55.3. The Hall–Kier alpha value is -1.97. The van der Waals surface area contributed by atoms with E-state index in [4.69, 9.17) is 18.9 Å². The molecule has 2 unspecified atom stereocenters. The quantitative estimate of drug-likeness (QED) is 0.0195. The number of unbranched alkanes of at least 4 members (excludes halogenated alkanes) is 42. The molecule has 0 aromatic heterocycles. The van der Waals surface area contributed by atoms with Crippen molar-refractivity contribution in [3.63, 3.8) is 0 Å². The van der Waals surface area contributed by atoms with Crippen molar-refractivity contribution in [2.45, 2.75) is 328 Å². The summed E-state index contributed by atoms with van der Waals surface area (Å²) in [7, 11) is 5.94. The molecular formula is C63H121NO8.